The van der Waals surface area contributed by atoms with Crippen LogP contribution in [0, 0.1) is 6.92 Å². The number of hydrogen-bond acceptors (Lipinski definition) is 4. The summed E-state index contributed by atoms with van der Waals surface area (Å²) in [5.74, 6) is 0.913. The van der Waals surface area contributed by atoms with E-state index in [1.807, 2.05) is 20.0 Å². The van der Waals surface area contributed by atoms with Gasteiger partial charge in [0.1, 0.15) is 5.82 Å². The van der Waals surface area contributed by atoms with Crippen LogP contribution >= 0.6 is 0 Å². The normalized spacial score (nSPS) is 20.5. The molecule has 1 unspecified atom stereocenters. The van der Waals surface area contributed by atoms with E-state index in [2.05, 4.69) is 10.3 Å². The van der Waals surface area contributed by atoms with Gasteiger partial charge in [-0.1, -0.05) is 0 Å². The highest BCUT2D eigenvalue weighted by Gasteiger charge is 2.23. The highest BCUT2D eigenvalue weighted by Crippen LogP contribution is 2.20. The summed E-state index contributed by atoms with van der Waals surface area (Å²) < 4.78 is 0. The van der Waals surface area contributed by atoms with Crippen molar-refractivity contribution in [3.05, 3.63) is 17.8 Å². The van der Waals surface area contributed by atoms with Gasteiger partial charge in [0.25, 0.3) is 0 Å². The molecule has 1 saturated heterocycles. The van der Waals surface area contributed by atoms with E-state index in [4.69, 9.17) is 5.73 Å². The lowest BCUT2D eigenvalue weighted by molar-refractivity contribution is -0.132. The Hall–Kier alpha value is -1.78. The molecule has 1 aromatic rings. The fourth-order valence-electron chi connectivity index (χ4n) is 2.04. The van der Waals surface area contributed by atoms with Crippen molar-refractivity contribution >= 4 is 17.4 Å². The molecule has 5 nitrogen and oxygen atoms in total. The summed E-state index contributed by atoms with van der Waals surface area (Å²) in [6.45, 7) is 2.66. The smallest absolute Gasteiger partial charge is 0.222 e. The molecule has 1 aliphatic heterocycles. The standard InChI is InChI=1S/C12H18N4O/c1-8-5-10(13)12(14-6-8)15-9-3-4-11(17)16(2)7-9/h5-6,9H,3-4,7,13H2,1-2H3,(H,14,15). The summed E-state index contributed by atoms with van der Waals surface area (Å²) in [7, 11) is 1.82. The maximum Gasteiger partial charge on any atom is 0.222 e. The Kier molecular flexibility index (Phi) is 3.17. The van der Waals surface area contributed by atoms with Gasteiger partial charge in [0.05, 0.1) is 5.69 Å². The molecule has 1 aromatic heterocycles. The Morgan fingerprint density at radius 2 is 2.35 bits per heavy atom. The molecule has 1 atom stereocenters. The molecule has 0 radical (unpaired) electrons. The second-order valence-electron chi connectivity index (χ2n) is 4.60. The summed E-state index contributed by atoms with van der Waals surface area (Å²) in [6, 6.07) is 2.13. The number of likely N-dealkylation sites (N-methyl/N-ethyl adjacent to an activating group) is 1. The third-order valence-corrected chi connectivity index (χ3v) is 3.02. The van der Waals surface area contributed by atoms with Gasteiger partial charge in [-0.2, -0.15) is 0 Å². The molecule has 5 heteroatoms. The van der Waals surface area contributed by atoms with Gasteiger partial charge in [0.15, 0.2) is 0 Å². The number of carbonyl (C=O) groups is 1. The van der Waals surface area contributed by atoms with Crippen molar-refractivity contribution in [3.63, 3.8) is 0 Å². The monoisotopic (exact) mass is 234 g/mol. The largest absolute Gasteiger partial charge is 0.396 e. The minimum absolute atomic E-state index is 0.202. The van der Waals surface area contributed by atoms with Crippen molar-refractivity contribution in [1.29, 1.82) is 0 Å². The quantitative estimate of drug-likeness (QED) is 0.801. The summed E-state index contributed by atoms with van der Waals surface area (Å²) in [5, 5.41) is 3.30. The van der Waals surface area contributed by atoms with Gasteiger partial charge in [0.2, 0.25) is 5.91 Å². The number of nitrogens with one attached hydrogen (secondary N) is 1. The molecule has 92 valence electrons. The van der Waals surface area contributed by atoms with Crippen LogP contribution < -0.4 is 11.1 Å². The molecule has 0 aromatic carbocycles. The fourth-order valence-corrected chi connectivity index (χ4v) is 2.04. The SMILES string of the molecule is Cc1cnc(NC2CCC(=O)N(C)C2)c(N)c1. The third kappa shape index (κ3) is 2.67. The van der Waals surface area contributed by atoms with Gasteiger partial charge in [0, 0.05) is 32.3 Å². The summed E-state index contributed by atoms with van der Waals surface area (Å²) >= 11 is 0. The van der Waals surface area contributed by atoms with Crippen LogP contribution in [-0.4, -0.2) is 35.4 Å². The van der Waals surface area contributed by atoms with Crippen molar-refractivity contribution in [2.24, 2.45) is 0 Å². The van der Waals surface area contributed by atoms with E-state index in [1.165, 1.54) is 0 Å². The highest BCUT2D eigenvalue weighted by atomic mass is 16.2. The molecule has 0 spiro atoms. The second-order valence-corrected chi connectivity index (χ2v) is 4.60. The van der Waals surface area contributed by atoms with Gasteiger partial charge in [-0.15, -0.1) is 0 Å². The first-order valence-corrected chi connectivity index (χ1v) is 5.79. The van der Waals surface area contributed by atoms with Gasteiger partial charge >= 0.3 is 0 Å². The first-order chi connectivity index (χ1) is 8.06. The molecule has 1 aliphatic rings. The minimum Gasteiger partial charge on any atom is -0.396 e. The number of pyridine rings is 1. The second kappa shape index (κ2) is 4.61. The molecule has 17 heavy (non-hydrogen) atoms. The third-order valence-electron chi connectivity index (χ3n) is 3.02. The van der Waals surface area contributed by atoms with E-state index in [1.54, 1.807) is 11.1 Å². The van der Waals surface area contributed by atoms with Crippen molar-refractivity contribution in [2.75, 3.05) is 24.6 Å². The van der Waals surface area contributed by atoms with E-state index >= 15 is 0 Å². The van der Waals surface area contributed by atoms with E-state index in [0.29, 0.717) is 24.5 Å². The Morgan fingerprint density at radius 3 is 3.00 bits per heavy atom. The van der Waals surface area contributed by atoms with Crippen molar-refractivity contribution in [1.82, 2.24) is 9.88 Å². The van der Waals surface area contributed by atoms with Gasteiger partial charge < -0.3 is 16.0 Å². The number of amides is 1. The minimum atomic E-state index is 0.202. The average molecular weight is 234 g/mol. The van der Waals surface area contributed by atoms with Crippen LogP contribution in [0.2, 0.25) is 0 Å². The first-order valence-electron chi connectivity index (χ1n) is 5.79. The van der Waals surface area contributed by atoms with Crippen LogP contribution in [0.15, 0.2) is 12.3 Å². The fraction of sp³-hybridized carbons (Fsp3) is 0.500. The Labute approximate surface area is 101 Å². The zero-order chi connectivity index (χ0) is 12.4. The number of carbonyl (C=O) groups excluding carboxylic acids is 1. The first kappa shape index (κ1) is 11.7. The molecule has 0 saturated carbocycles. The number of aromatic nitrogens is 1. The van der Waals surface area contributed by atoms with Gasteiger partial charge in [-0.25, -0.2) is 4.98 Å². The van der Waals surface area contributed by atoms with Crippen LogP contribution in [-0.2, 0) is 4.79 Å². The molecule has 1 amide bonds. The number of hydrogen-bond donors (Lipinski definition) is 2. The summed E-state index contributed by atoms with van der Waals surface area (Å²) in [4.78, 5) is 17.4. The Morgan fingerprint density at radius 1 is 1.59 bits per heavy atom. The van der Waals surface area contributed by atoms with Crippen LogP contribution in [0.4, 0.5) is 11.5 Å². The molecule has 0 aliphatic carbocycles. The van der Waals surface area contributed by atoms with E-state index < -0.39 is 0 Å². The number of nitrogens with zero attached hydrogens (tertiary/aromatic N) is 2. The lowest BCUT2D eigenvalue weighted by atomic mass is 10.1. The predicted octanol–water partition coefficient (Wildman–Crippen LogP) is 1.00. The van der Waals surface area contributed by atoms with Crippen LogP contribution in [0.25, 0.3) is 0 Å². The number of anilines is 2. The molecule has 2 heterocycles. The van der Waals surface area contributed by atoms with Crippen LogP contribution in [0.3, 0.4) is 0 Å². The summed E-state index contributed by atoms with van der Waals surface area (Å²) in [5.41, 5.74) is 7.60. The molecular formula is C12H18N4O. The number of rotatable bonds is 2. The highest BCUT2D eigenvalue weighted by molar-refractivity contribution is 5.77. The predicted molar refractivity (Wildman–Crippen MR) is 67.7 cm³/mol. The van der Waals surface area contributed by atoms with Gasteiger partial charge in [-0.3, -0.25) is 4.79 Å². The number of nitrogens with two attached hydrogens (primary N) is 1. The average Bonchev–Trinajstić information content (AvgIpc) is 2.27. The molecular weight excluding hydrogens is 216 g/mol. The molecule has 0 bridgehead atoms. The van der Waals surface area contributed by atoms with Crippen molar-refractivity contribution in [3.8, 4) is 0 Å². The van der Waals surface area contributed by atoms with Crippen molar-refractivity contribution in [2.45, 2.75) is 25.8 Å². The van der Waals surface area contributed by atoms with Crippen molar-refractivity contribution < 1.29 is 4.79 Å². The maximum absolute atomic E-state index is 11.4. The topological polar surface area (TPSA) is 71.2 Å². The lowest BCUT2D eigenvalue weighted by Crippen LogP contribution is -2.43. The van der Waals surface area contributed by atoms with E-state index in [-0.39, 0.29) is 11.9 Å². The Bertz CT molecular complexity index is 433. The Balaban J connectivity index is 2.03. The van der Waals surface area contributed by atoms with Gasteiger partial charge in [-0.05, 0) is 25.0 Å². The summed E-state index contributed by atoms with van der Waals surface area (Å²) in [6.07, 6.45) is 3.20. The van der Waals surface area contributed by atoms with E-state index in [0.717, 1.165) is 12.0 Å². The zero-order valence-corrected chi connectivity index (χ0v) is 10.2. The number of likely N-dealkylation sites (tertiary alicyclic amines) is 1. The number of piperidine rings is 1. The molecule has 1 fully saturated rings. The molecule has 3 N–H and O–H groups in total. The van der Waals surface area contributed by atoms with Crippen LogP contribution in [0.1, 0.15) is 18.4 Å². The number of aryl methyl sites for hydroxylation is 1. The molecule has 2 rings (SSSR count). The lowest BCUT2D eigenvalue weighted by Gasteiger charge is -2.30. The zero-order valence-electron chi connectivity index (χ0n) is 10.2. The van der Waals surface area contributed by atoms with Crippen LogP contribution in [0.5, 0.6) is 0 Å². The van der Waals surface area contributed by atoms with E-state index in [9.17, 15) is 4.79 Å². The number of nitrogen functional groups attached to an aromatic ring is 1. The maximum atomic E-state index is 11.4.